The zero-order chi connectivity index (χ0) is 12.4. The molecule has 7 heteroatoms. The lowest BCUT2D eigenvalue weighted by Crippen LogP contribution is -2.01. The van der Waals surface area contributed by atoms with Gasteiger partial charge >= 0.3 is 0 Å². The van der Waals surface area contributed by atoms with Crippen LogP contribution in [-0.2, 0) is 12.3 Å². The molecule has 0 saturated heterocycles. The van der Waals surface area contributed by atoms with Crippen molar-refractivity contribution in [2.24, 2.45) is 0 Å². The smallest absolute Gasteiger partial charge is 0.276 e. The van der Waals surface area contributed by atoms with Gasteiger partial charge in [0.25, 0.3) is 5.22 Å². The van der Waals surface area contributed by atoms with Gasteiger partial charge in [0.2, 0.25) is 5.89 Å². The number of rotatable bonds is 4. The zero-order valence-corrected chi connectivity index (χ0v) is 12.3. The van der Waals surface area contributed by atoms with E-state index in [1.165, 1.54) is 11.8 Å². The van der Waals surface area contributed by atoms with Gasteiger partial charge in [0.05, 0.1) is 15.9 Å². The lowest BCUT2D eigenvalue weighted by Gasteiger charge is -2.02. The summed E-state index contributed by atoms with van der Waals surface area (Å²) in [6.07, 6.45) is 0. The monoisotopic (exact) mass is 316 g/mol. The number of hydrogen-bond acceptors (Lipinski definition) is 5. The van der Waals surface area contributed by atoms with Crippen molar-refractivity contribution < 1.29 is 4.42 Å². The molecular formula is C10H13BrN4OS. The molecule has 0 spiro atoms. The van der Waals surface area contributed by atoms with Crippen LogP contribution in [0.3, 0.4) is 0 Å². The van der Waals surface area contributed by atoms with Crippen LogP contribution in [0.5, 0.6) is 0 Å². The van der Waals surface area contributed by atoms with Crippen molar-refractivity contribution >= 4 is 27.7 Å². The van der Waals surface area contributed by atoms with Gasteiger partial charge < -0.3 is 4.42 Å². The Kier molecular flexibility index (Phi) is 3.88. The van der Waals surface area contributed by atoms with E-state index in [4.69, 9.17) is 4.42 Å². The van der Waals surface area contributed by atoms with Crippen molar-refractivity contribution in [3.63, 3.8) is 0 Å². The van der Waals surface area contributed by atoms with E-state index in [1.54, 1.807) is 6.92 Å². The van der Waals surface area contributed by atoms with E-state index in [0.29, 0.717) is 11.1 Å². The average molecular weight is 317 g/mol. The molecule has 2 rings (SSSR count). The van der Waals surface area contributed by atoms with Crippen LogP contribution >= 0.6 is 27.7 Å². The largest absolute Gasteiger partial charge is 0.416 e. The molecule has 0 bridgehead atoms. The summed E-state index contributed by atoms with van der Waals surface area (Å²) in [7, 11) is 0. The Bertz CT molecular complexity index is 522. The fourth-order valence-corrected chi connectivity index (χ4v) is 2.92. The summed E-state index contributed by atoms with van der Waals surface area (Å²) in [5.74, 6) is 1.35. The van der Waals surface area contributed by atoms with Crippen molar-refractivity contribution in [1.82, 2.24) is 20.0 Å². The Balaban J connectivity index is 2.13. The predicted octanol–water partition coefficient (Wildman–Crippen LogP) is 2.96. The third-order valence-electron chi connectivity index (χ3n) is 2.29. The van der Waals surface area contributed by atoms with Gasteiger partial charge in [0.1, 0.15) is 0 Å². The van der Waals surface area contributed by atoms with Gasteiger partial charge in [-0.05, 0) is 29.8 Å². The van der Waals surface area contributed by atoms with Gasteiger partial charge in [-0.2, -0.15) is 5.10 Å². The molecule has 0 aliphatic carbocycles. The van der Waals surface area contributed by atoms with Crippen LogP contribution in [0.2, 0.25) is 0 Å². The molecule has 0 fully saturated rings. The van der Waals surface area contributed by atoms with E-state index in [0.717, 1.165) is 28.2 Å². The molecule has 0 aromatic carbocycles. The first-order valence-electron chi connectivity index (χ1n) is 5.26. The Morgan fingerprint density at radius 3 is 2.71 bits per heavy atom. The Hall–Kier alpha value is -0.820. The fourth-order valence-electron chi connectivity index (χ4n) is 1.47. The van der Waals surface area contributed by atoms with Gasteiger partial charge in [-0.15, -0.1) is 10.2 Å². The predicted molar refractivity (Wildman–Crippen MR) is 68.9 cm³/mol. The summed E-state index contributed by atoms with van der Waals surface area (Å²) in [5.41, 5.74) is 2.15. The first-order chi connectivity index (χ1) is 8.11. The molecule has 2 aromatic heterocycles. The molecule has 0 radical (unpaired) electrons. The number of hydrogen-bond donors (Lipinski definition) is 0. The van der Waals surface area contributed by atoms with Gasteiger partial charge in [-0.3, -0.25) is 4.68 Å². The second-order valence-corrected chi connectivity index (χ2v) is 5.26. The second kappa shape index (κ2) is 5.22. The number of aryl methyl sites for hydroxylation is 3. The summed E-state index contributed by atoms with van der Waals surface area (Å²) in [4.78, 5) is 0. The number of nitrogens with zero attached hydrogens (tertiary/aromatic N) is 4. The van der Waals surface area contributed by atoms with Crippen molar-refractivity contribution in [2.75, 3.05) is 0 Å². The van der Waals surface area contributed by atoms with Crippen LogP contribution < -0.4 is 0 Å². The standard InChI is InChI=1S/C10H13BrN4OS/c1-4-15-8(9(11)6(2)14-15)5-17-10-13-12-7(3)16-10/h4-5H2,1-3H3. The minimum absolute atomic E-state index is 0.590. The second-order valence-electron chi connectivity index (χ2n) is 3.54. The van der Waals surface area contributed by atoms with Crippen molar-refractivity contribution in [2.45, 2.75) is 38.3 Å². The number of halogens is 1. The SMILES string of the molecule is CCn1nc(C)c(Br)c1CSc1nnc(C)o1. The summed E-state index contributed by atoms with van der Waals surface area (Å²) >= 11 is 5.08. The fraction of sp³-hybridized carbons (Fsp3) is 0.500. The quantitative estimate of drug-likeness (QED) is 0.812. The number of aromatic nitrogens is 4. The molecular weight excluding hydrogens is 304 g/mol. The molecule has 0 N–H and O–H groups in total. The van der Waals surface area contributed by atoms with Gasteiger partial charge in [-0.25, -0.2) is 0 Å². The van der Waals surface area contributed by atoms with E-state index in [9.17, 15) is 0 Å². The maximum absolute atomic E-state index is 5.32. The molecule has 0 aliphatic rings. The van der Waals surface area contributed by atoms with E-state index in [2.05, 4.69) is 38.1 Å². The van der Waals surface area contributed by atoms with E-state index < -0.39 is 0 Å². The number of thioether (sulfide) groups is 1. The third kappa shape index (κ3) is 2.71. The van der Waals surface area contributed by atoms with E-state index >= 15 is 0 Å². The van der Waals surface area contributed by atoms with Gasteiger partial charge in [0.15, 0.2) is 0 Å². The average Bonchev–Trinajstić information content (AvgIpc) is 2.83. The molecule has 0 aliphatic heterocycles. The van der Waals surface area contributed by atoms with Crippen molar-refractivity contribution in [3.8, 4) is 0 Å². The van der Waals surface area contributed by atoms with Gasteiger partial charge in [-0.1, -0.05) is 11.8 Å². The summed E-state index contributed by atoms with van der Waals surface area (Å²) in [5, 5.41) is 12.8. The molecule has 5 nitrogen and oxygen atoms in total. The summed E-state index contributed by atoms with van der Waals surface area (Å²) < 4.78 is 8.36. The maximum Gasteiger partial charge on any atom is 0.276 e. The summed E-state index contributed by atoms with van der Waals surface area (Å²) in [6, 6.07) is 0. The highest BCUT2D eigenvalue weighted by molar-refractivity contribution is 9.10. The Morgan fingerprint density at radius 2 is 2.12 bits per heavy atom. The molecule has 0 amide bonds. The first-order valence-corrected chi connectivity index (χ1v) is 7.04. The van der Waals surface area contributed by atoms with Gasteiger partial charge in [0, 0.05) is 19.2 Å². The maximum atomic E-state index is 5.32. The highest BCUT2D eigenvalue weighted by Crippen LogP contribution is 2.28. The molecule has 2 heterocycles. The highest BCUT2D eigenvalue weighted by atomic mass is 79.9. The lowest BCUT2D eigenvalue weighted by atomic mass is 10.4. The zero-order valence-electron chi connectivity index (χ0n) is 9.90. The third-order valence-corrected chi connectivity index (χ3v) is 4.15. The highest BCUT2D eigenvalue weighted by Gasteiger charge is 2.13. The minimum Gasteiger partial charge on any atom is -0.416 e. The normalized spacial score (nSPS) is 11.1. The van der Waals surface area contributed by atoms with Crippen LogP contribution in [0.25, 0.3) is 0 Å². The molecule has 0 saturated carbocycles. The topological polar surface area (TPSA) is 56.7 Å². The summed E-state index contributed by atoms with van der Waals surface area (Å²) in [6.45, 7) is 6.70. The van der Waals surface area contributed by atoms with Crippen LogP contribution in [0.15, 0.2) is 14.1 Å². The van der Waals surface area contributed by atoms with E-state index in [1.807, 2.05) is 11.6 Å². The van der Waals surface area contributed by atoms with Crippen LogP contribution in [-0.4, -0.2) is 20.0 Å². The lowest BCUT2D eigenvalue weighted by molar-refractivity contribution is 0.429. The van der Waals surface area contributed by atoms with Crippen LogP contribution in [0, 0.1) is 13.8 Å². The van der Waals surface area contributed by atoms with E-state index in [-0.39, 0.29) is 0 Å². The van der Waals surface area contributed by atoms with Crippen molar-refractivity contribution in [1.29, 1.82) is 0 Å². The Labute approximate surface area is 112 Å². The molecule has 0 atom stereocenters. The molecule has 92 valence electrons. The molecule has 0 unspecified atom stereocenters. The molecule has 2 aromatic rings. The first kappa shape index (κ1) is 12.6. The molecule has 17 heavy (non-hydrogen) atoms. The van der Waals surface area contributed by atoms with Crippen LogP contribution in [0.1, 0.15) is 24.2 Å². The Morgan fingerprint density at radius 1 is 1.35 bits per heavy atom. The van der Waals surface area contributed by atoms with Crippen molar-refractivity contribution in [3.05, 3.63) is 21.8 Å². The van der Waals surface area contributed by atoms with Crippen LogP contribution in [0.4, 0.5) is 0 Å². The minimum atomic E-state index is 0.590.